The third-order valence-electron chi connectivity index (χ3n) is 9.38. The van der Waals surface area contributed by atoms with Crippen LogP contribution in [0.3, 0.4) is 0 Å². The van der Waals surface area contributed by atoms with E-state index in [-0.39, 0.29) is 48.7 Å². The summed E-state index contributed by atoms with van der Waals surface area (Å²) in [5.74, 6) is -2.27. The van der Waals surface area contributed by atoms with Gasteiger partial charge in [0.15, 0.2) is 17.2 Å². The van der Waals surface area contributed by atoms with Crippen molar-refractivity contribution in [3.63, 3.8) is 0 Å². The summed E-state index contributed by atoms with van der Waals surface area (Å²) in [5.41, 5.74) is 1.99. The van der Waals surface area contributed by atoms with Crippen molar-refractivity contribution in [1.29, 1.82) is 0 Å². The summed E-state index contributed by atoms with van der Waals surface area (Å²) in [6, 6.07) is 0. The summed E-state index contributed by atoms with van der Waals surface area (Å²) in [6.07, 6.45) is -4.04. The normalized spacial score (nSPS) is 27.0. The predicted molar refractivity (Wildman–Crippen MR) is 183 cm³/mol. The van der Waals surface area contributed by atoms with Crippen LogP contribution in [0.2, 0.25) is 0 Å². The molecule has 1 saturated heterocycles. The van der Waals surface area contributed by atoms with E-state index >= 15 is 0 Å². The van der Waals surface area contributed by atoms with Gasteiger partial charge in [-0.3, -0.25) is 28.1 Å². The topological polar surface area (TPSA) is 395 Å². The van der Waals surface area contributed by atoms with E-state index in [1.165, 1.54) is 20.8 Å². The number of phosphoric ester groups is 3. The monoisotopic (exact) mass is 871 g/mol. The number of nitrogen functional groups attached to an aromatic ring is 1. The van der Waals surface area contributed by atoms with Crippen molar-refractivity contribution in [2.24, 2.45) is 11.3 Å². The zero-order chi connectivity index (χ0) is 42.6. The minimum atomic E-state index is -5.94. The minimum Gasteiger partial charge on any atom is -0.790 e. The van der Waals surface area contributed by atoms with Gasteiger partial charge in [0.1, 0.15) is 42.0 Å². The molecule has 9 unspecified atom stereocenters. The molecule has 1 saturated carbocycles. The van der Waals surface area contributed by atoms with Gasteiger partial charge in [0.05, 0.1) is 33.5 Å². The van der Waals surface area contributed by atoms with Gasteiger partial charge in [-0.2, -0.15) is 0 Å². The van der Waals surface area contributed by atoms with Crippen LogP contribution in [0.1, 0.15) is 59.3 Å². The maximum Gasteiger partial charge on any atom is 0.274 e. The maximum atomic E-state index is 12.6. The van der Waals surface area contributed by atoms with Crippen LogP contribution in [0.4, 0.5) is 5.82 Å². The molecule has 9 atom stereocenters. The first-order valence-corrected chi connectivity index (χ1v) is 21.8. The number of fused-ring (bicyclic) bond motifs is 1. The Morgan fingerprint density at radius 2 is 1.68 bits per heavy atom. The average molecular weight is 872 g/mol. The molecule has 4 rings (SSSR count). The molecule has 2 fully saturated rings. The zero-order valence-electron chi connectivity index (χ0n) is 30.9. The van der Waals surface area contributed by atoms with Gasteiger partial charge in [0.25, 0.3) is 15.6 Å². The third-order valence-corrected chi connectivity index (χ3v) is 12.4. The number of Topliss-reactive ketones (excluding diaryl/α,β-unsaturated/α-hetero) is 1. The minimum absolute atomic E-state index is 0.0225. The fraction of sp³-hybridized carbons (Fsp3) is 0.724. The number of anilines is 1. The number of imidazole rings is 1. The van der Waals surface area contributed by atoms with E-state index < -0.39 is 96.1 Å². The number of aliphatic hydroxyl groups excluding tert-OH is 3. The molecule has 25 nitrogen and oxygen atoms in total. The molecule has 2 aromatic heterocycles. The van der Waals surface area contributed by atoms with E-state index in [4.69, 9.17) is 10.5 Å². The first-order chi connectivity index (χ1) is 26.4. The maximum absolute atomic E-state index is 12.6. The molecule has 322 valence electrons. The molecular weight excluding hydrogens is 827 g/mol. The summed E-state index contributed by atoms with van der Waals surface area (Å²) < 4.78 is 61.1. The van der Waals surface area contributed by atoms with Crippen LogP contribution in [0, 0.1) is 11.3 Å². The number of nitrogens with two attached hydrogens (primary N) is 1. The molecule has 2 amide bonds. The molecule has 2 aromatic rings. The fourth-order valence-corrected chi connectivity index (χ4v) is 8.95. The van der Waals surface area contributed by atoms with E-state index in [0.29, 0.717) is 12.8 Å². The van der Waals surface area contributed by atoms with Gasteiger partial charge in [-0.15, -0.1) is 0 Å². The molecule has 0 radical (unpaired) electrons. The van der Waals surface area contributed by atoms with Crippen molar-refractivity contribution < 1.29 is 85.6 Å². The first-order valence-electron chi connectivity index (χ1n) is 17.4. The summed E-state index contributed by atoms with van der Waals surface area (Å²) in [7, 11) is -17.7. The standard InChI is InChI=1S/C29H48N7O18P3/c1-28(2,24(41)27(42)32-11-9-20(39)31-10-8-18(38)16-6-4-5-7-17(16)37)13-51-57(48,49)54-56(46,47)50-12-19-22(53-55(43,44)45)23(40)29(3,52-19)36-15-35-21-25(30)33-14-34-26(21)36/h14-17,19,22-24,37,40-41H,4-13H2,1-3H3,(H,31,39)(H,32,42)(H,46,47)(H,48,49)(H2,30,33,34)(H2,43,44,45)/p-4. The highest BCUT2D eigenvalue weighted by molar-refractivity contribution is 7.59. The Labute approximate surface area is 325 Å². The van der Waals surface area contributed by atoms with Gasteiger partial charge >= 0.3 is 0 Å². The van der Waals surface area contributed by atoms with Gasteiger partial charge in [-0.1, -0.05) is 26.7 Å². The lowest BCUT2D eigenvalue weighted by molar-refractivity contribution is -0.347. The molecule has 3 heterocycles. The van der Waals surface area contributed by atoms with Gasteiger partial charge in [-0.25, -0.2) is 19.3 Å². The van der Waals surface area contributed by atoms with E-state index in [1.54, 1.807) is 0 Å². The first kappa shape index (κ1) is 46.9. The van der Waals surface area contributed by atoms with E-state index in [2.05, 4.69) is 43.5 Å². The molecular formula is C29H44N7O18P3-4. The van der Waals surface area contributed by atoms with Crippen LogP contribution in [-0.2, 0) is 56.4 Å². The van der Waals surface area contributed by atoms with Crippen molar-refractivity contribution >= 4 is 58.0 Å². The van der Waals surface area contributed by atoms with Crippen molar-refractivity contribution in [3.8, 4) is 0 Å². The largest absolute Gasteiger partial charge is 0.790 e. The van der Waals surface area contributed by atoms with Crippen LogP contribution >= 0.6 is 23.5 Å². The second-order valence-electron chi connectivity index (χ2n) is 14.2. The van der Waals surface area contributed by atoms with E-state index in [0.717, 1.165) is 30.1 Å². The van der Waals surface area contributed by atoms with Crippen LogP contribution in [0.5, 0.6) is 0 Å². The Balaban J connectivity index is 1.26. The number of nitrogens with zero attached hydrogens (tertiary/aromatic N) is 4. The lowest BCUT2D eigenvalue weighted by atomic mass is 9.83. The number of aliphatic hydroxyl groups is 3. The number of amides is 2. The van der Waals surface area contributed by atoms with E-state index in [9.17, 15) is 63.0 Å². The number of hydrogen-bond donors (Lipinski definition) is 6. The van der Waals surface area contributed by atoms with Crippen LogP contribution in [0.25, 0.3) is 11.2 Å². The number of nitrogens with one attached hydrogen (secondary N) is 2. The highest BCUT2D eigenvalue weighted by Gasteiger charge is 2.55. The number of carbonyl (C=O) groups is 3. The fourth-order valence-electron chi connectivity index (χ4n) is 6.23. The lowest BCUT2D eigenvalue weighted by Crippen LogP contribution is -2.46. The molecule has 0 aromatic carbocycles. The molecule has 1 aliphatic heterocycles. The summed E-state index contributed by atoms with van der Waals surface area (Å²) in [5, 5.41) is 36.4. The Kier molecular flexibility index (Phi) is 15.3. The van der Waals surface area contributed by atoms with Gasteiger partial charge in [0.2, 0.25) is 11.8 Å². The number of phosphoric acid groups is 3. The Morgan fingerprint density at radius 3 is 2.35 bits per heavy atom. The number of ether oxygens (including phenoxy) is 1. The van der Waals surface area contributed by atoms with Gasteiger partial charge < -0.3 is 74.1 Å². The third kappa shape index (κ3) is 12.4. The molecule has 7 N–H and O–H groups in total. The highest BCUT2D eigenvalue weighted by atomic mass is 31.3. The van der Waals surface area contributed by atoms with Crippen molar-refractivity contribution in [1.82, 2.24) is 30.2 Å². The molecule has 0 spiro atoms. The molecule has 2 aliphatic rings. The Hall–Kier alpha value is -2.83. The average Bonchev–Trinajstić information content (AvgIpc) is 3.65. The second kappa shape index (κ2) is 18.6. The highest BCUT2D eigenvalue weighted by Crippen LogP contribution is 2.56. The summed E-state index contributed by atoms with van der Waals surface area (Å²) >= 11 is 0. The molecule has 28 heteroatoms. The summed E-state index contributed by atoms with van der Waals surface area (Å²) in [4.78, 5) is 96.9. The number of hydrogen-bond acceptors (Lipinski definition) is 22. The summed E-state index contributed by atoms with van der Waals surface area (Å²) in [6.45, 7) is 1.00. The van der Waals surface area contributed by atoms with Crippen LogP contribution in [-0.4, -0.2) is 109 Å². The Morgan fingerprint density at radius 1 is 1.04 bits per heavy atom. The predicted octanol–water partition coefficient (Wildman–Crippen LogP) is -3.44. The van der Waals surface area contributed by atoms with Crippen LogP contribution < -0.4 is 35.9 Å². The smallest absolute Gasteiger partial charge is 0.274 e. The second-order valence-corrected chi connectivity index (χ2v) is 18.3. The SMILES string of the molecule is CC(C)(COP(=O)([O-])OP(=O)([O-])OCC1OC(C)(n2cnc3c(N)ncnc32)C(O)C1OP(=O)([O-])[O-])C(O)C(=O)NCCC(=O)NCCC(=O)C1CCCCC1O. The van der Waals surface area contributed by atoms with Gasteiger partial charge in [0, 0.05) is 37.3 Å². The number of rotatable bonds is 20. The molecule has 57 heavy (non-hydrogen) atoms. The molecule has 1 aliphatic carbocycles. The number of aromatic nitrogens is 4. The van der Waals surface area contributed by atoms with Crippen molar-refractivity contribution in [2.45, 2.75) is 95.5 Å². The lowest BCUT2D eigenvalue weighted by Gasteiger charge is -2.36. The zero-order valence-corrected chi connectivity index (χ0v) is 33.5. The van der Waals surface area contributed by atoms with E-state index in [1.807, 2.05) is 0 Å². The van der Waals surface area contributed by atoms with Crippen molar-refractivity contribution in [2.75, 3.05) is 32.0 Å². The van der Waals surface area contributed by atoms with Crippen molar-refractivity contribution in [3.05, 3.63) is 12.7 Å². The van der Waals surface area contributed by atoms with Gasteiger partial charge in [-0.05, 0) is 19.8 Å². The molecule has 0 bridgehead atoms. The van der Waals surface area contributed by atoms with Crippen LogP contribution in [0.15, 0.2) is 12.7 Å². The number of ketones is 1. The quantitative estimate of drug-likeness (QED) is 0.0705. The number of carbonyl (C=O) groups excluding carboxylic acids is 3. The Bertz CT molecular complexity index is 1910.